The summed E-state index contributed by atoms with van der Waals surface area (Å²) in [6.45, 7) is 0. The van der Waals surface area contributed by atoms with Crippen molar-refractivity contribution in [1.29, 1.82) is 0 Å². The van der Waals surface area contributed by atoms with E-state index >= 15 is 0 Å². The van der Waals surface area contributed by atoms with Crippen molar-refractivity contribution in [2.75, 3.05) is 12.5 Å². The van der Waals surface area contributed by atoms with Crippen LogP contribution in [0.15, 0.2) is 0 Å². The molecule has 5 nitrogen and oxygen atoms in total. The third-order valence-electron chi connectivity index (χ3n) is 0.247. The van der Waals surface area contributed by atoms with E-state index < -0.39 is 20.2 Å². The van der Waals surface area contributed by atoms with Gasteiger partial charge in [-0.25, -0.2) is 0 Å². The van der Waals surface area contributed by atoms with Gasteiger partial charge in [0.2, 0.25) is 0 Å². The predicted octanol–water partition coefficient (Wildman–Crippen LogP) is -3.96. The zero-order valence-electron chi connectivity index (χ0n) is 6.86. The van der Waals surface area contributed by atoms with Crippen LogP contribution in [0.5, 0.6) is 0 Å². The molecule has 0 radical (unpaired) electrons. The second-order valence-corrected chi connectivity index (χ2v) is 4.84. The fourth-order valence-corrected chi connectivity index (χ4v) is 2.02. The number of rotatable bonds is 2. The van der Waals surface area contributed by atoms with E-state index in [4.69, 9.17) is 0 Å². The molecular formula is C2H7KO5S2. The third-order valence-corrected chi connectivity index (χ3v) is 2.22. The molecule has 0 N–H and O–H groups in total. The van der Waals surface area contributed by atoms with Crippen molar-refractivity contribution < 1.29 is 73.3 Å². The minimum Gasteiger partial charge on any atom is -1.00 e. The van der Waals surface area contributed by atoms with E-state index in [0.717, 1.165) is 0 Å². The average molecular weight is 214 g/mol. The number of hydrogen-bond donors (Lipinski definition) is 0. The molecule has 0 saturated heterocycles. The van der Waals surface area contributed by atoms with Gasteiger partial charge in [-0.3, -0.25) is 0 Å². The van der Waals surface area contributed by atoms with Gasteiger partial charge in [0.05, 0.1) is 12.5 Å². The summed E-state index contributed by atoms with van der Waals surface area (Å²) in [4.78, 5) is 0. The summed E-state index contributed by atoms with van der Waals surface area (Å²) in [6.07, 6.45) is 1.32. The molecule has 0 amide bonds. The first-order valence-electron chi connectivity index (χ1n) is 1.82. The summed E-state index contributed by atoms with van der Waals surface area (Å²) in [5.74, 6) is 0. The Morgan fingerprint density at radius 2 is 1.20 bits per heavy atom. The molecule has 0 aromatic heterocycles. The molecule has 0 bridgehead atoms. The second kappa shape index (κ2) is 4.50. The first kappa shape index (κ1) is 14.0. The molecule has 0 saturated carbocycles. The SMILES string of the molecule is CS(=O)(=O)OS(C)(=O)=O.[H-].[K+]. The molecule has 8 heteroatoms. The van der Waals surface area contributed by atoms with Gasteiger partial charge in [-0.2, -0.15) is 16.8 Å². The van der Waals surface area contributed by atoms with Crippen molar-refractivity contribution >= 4 is 20.2 Å². The van der Waals surface area contributed by atoms with Gasteiger partial charge in [0, 0.05) is 0 Å². The Morgan fingerprint density at radius 3 is 1.20 bits per heavy atom. The predicted molar refractivity (Wildman–Crippen MR) is 31.9 cm³/mol. The van der Waals surface area contributed by atoms with Crippen LogP contribution in [0.2, 0.25) is 0 Å². The van der Waals surface area contributed by atoms with E-state index in [2.05, 4.69) is 3.63 Å². The molecule has 10 heavy (non-hydrogen) atoms. The maximum Gasteiger partial charge on any atom is 1.00 e. The molecule has 0 aliphatic rings. The van der Waals surface area contributed by atoms with Gasteiger partial charge in [0.1, 0.15) is 0 Å². The molecule has 0 atom stereocenters. The van der Waals surface area contributed by atoms with E-state index in [-0.39, 0.29) is 52.8 Å². The van der Waals surface area contributed by atoms with E-state index in [1.54, 1.807) is 0 Å². The van der Waals surface area contributed by atoms with Crippen molar-refractivity contribution in [1.82, 2.24) is 0 Å². The maximum absolute atomic E-state index is 10.0. The zero-order valence-corrected chi connectivity index (χ0v) is 10.6. The van der Waals surface area contributed by atoms with E-state index in [0.29, 0.717) is 12.5 Å². The molecule has 0 aliphatic carbocycles. The fraction of sp³-hybridized carbons (Fsp3) is 1.00. The van der Waals surface area contributed by atoms with Crippen LogP contribution in [0, 0.1) is 0 Å². The number of hydrogen-bond acceptors (Lipinski definition) is 5. The van der Waals surface area contributed by atoms with Crippen LogP contribution in [0.3, 0.4) is 0 Å². The van der Waals surface area contributed by atoms with Gasteiger partial charge in [-0.05, 0) is 0 Å². The molecule has 0 spiro atoms. The van der Waals surface area contributed by atoms with Gasteiger partial charge >= 0.3 is 51.4 Å². The minimum atomic E-state index is -3.87. The van der Waals surface area contributed by atoms with Gasteiger partial charge in [-0.1, -0.05) is 0 Å². The van der Waals surface area contributed by atoms with Gasteiger partial charge in [-0.15, -0.1) is 3.63 Å². The van der Waals surface area contributed by atoms with Crippen molar-refractivity contribution in [3.05, 3.63) is 0 Å². The summed E-state index contributed by atoms with van der Waals surface area (Å²) >= 11 is 0. The van der Waals surface area contributed by atoms with Crippen molar-refractivity contribution in [3.63, 3.8) is 0 Å². The standard InChI is InChI=1S/C2H6O5S2.K.H/c1-8(3,4)7-9(2,5)6;;/h1-2H3;;/q;+1;-1. The minimum absolute atomic E-state index is 0. The molecule has 0 unspecified atom stereocenters. The Bertz CT molecular complexity index is 248. The summed E-state index contributed by atoms with van der Waals surface area (Å²) < 4.78 is 43.8. The van der Waals surface area contributed by atoms with Crippen LogP contribution in [0.25, 0.3) is 0 Å². The molecule has 0 aromatic carbocycles. The Morgan fingerprint density at radius 1 is 1.00 bits per heavy atom. The van der Waals surface area contributed by atoms with E-state index in [1.807, 2.05) is 0 Å². The summed E-state index contributed by atoms with van der Waals surface area (Å²) in [7, 11) is -7.74. The zero-order chi connectivity index (χ0) is 7.71. The molecule has 0 aliphatic heterocycles. The summed E-state index contributed by atoms with van der Waals surface area (Å²) in [5.41, 5.74) is 0. The van der Waals surface area contributed by atoms with Crippen molar-refractivity contribution in [3.8, 4) is 0 Å². The molecule has 0 rings (SSSR count). The normalized spacial score (nSPS) is 12.2. The van der Waals surface area contributed by atoms with Crippen LogP contribution in [-0.4, -0.2) is 29.3 Å². The van der Waals surface area contributed by atoms with E-state index in [1.165, 1.54) is 0 Å². The van der Waals surface area contributed by atoms with Crippen LogP contribution in [-0.2, 0) is 23.9 Å². The van der Waals surface area contributed by atoms with Crippen LogP contribution < -0.4 is 51.4 Å². The van der Waals surface area contributed by atoms with Gasteiger partial charge < -0.3 is 1.43 Å². The largest absolute Gasteiger partial charge is 1.00 e. The smallest absolute Gasteiger partial charge is 1.00 e. The first-order chi connectivity index (χ1) is 3.71. The van der Waals surface area contributed by atoms with Crippen LogP contribution >= 0.6 is 0 Å². The fourth-order valence-electron chi connectivity index (χ4n) is 0.225. The van der Waals surface area contributed by atoms with Crippen LogP contribution in [0.4, 0.5) is 0 Å². The van der Waals surface area contributed by atoms with E-state index in [9.17, 15) is 16.8 Å². The monoisotopic (exact) mass is 214 g/mol. The Labute approximate surface area is 104 Å². The van der Waals surface area contributed by atoms with Crippen molar-refractivity contribution in [2.45, 2.75) is 0 Å². The average Bonchev–Trinajstić information content (AvgIpc) is 1.14. The Kier molecular flexibility index (Phi) is 6.33. The molecule has 58 valence electrons. The van der Waals surface area contributed by atoms with Gasteiger partial charge in [0.15, 0.2) is 0 Å². The molecule has 0 fully saturated rings. The summed E-state index contributed by atoms with van der Waals surface area (Å²) in [5, 5.41) is 0. The van der Waals surface area contributed by atoms with Crippen molar-refractivity contribution in [2.24, 2.45) is 0 Å². The van der Waals surface area contributed by atoms with Gasteiger partial charge in [0.25, 0.3) is 20.2 Å². The summed E-state index contributed by atoms with van der Waals surface area (Å²) in [6, 6.07) is 0. The second-order valence-electron chi connectivity index (χ2n) is 1.48. The Balaban J connectivity index is -0.000000320. The third kappa shape index (κ3) is 12.2. The Hall–Kier alpha value is 1.50. The maximum atomic E-state index is 10.0. The molecular weight excluding hydrogens is 207 g/mol. The molecule has 0 heterocycles. The van der Waals surface area contributed by atoms with Crippen LogP contribution in [0.1, 0.15) is 1.43 Å². The molecule has 0 aromatic rings. The quantitative estimate of drug-likeness (QED) is 0.438. The first-order valence-corrected chi connectivity index (χ1v) is 5.45. The topological polar surface area (TPSA) is 77.5 Å².